The predicted molar refractivity (Wildman–Crippen MR) is 95.8 cm³/mol. The fourth-order valence-electron chi connectivity index (χ4n) is 2.30. The van der Waals surface area contributed by atoms with E-state index in [9.17, 15) is 9.59 Å². The quantitative estimate of drug-likeness (QED) is 0.494. The number of hydrogen-bond acceptors (Lipinski definition) is 4. The van der Waals surface area contributed by atoms with Crippen molar-refractivity contribution in [1.29, 1.82) is 0 Å². The predicted octanol–water partition coefficient (Wildman–Crippen LogP) is 1.63. The summed E-state index contributed by atoms with van der Waals surface area (Å²) in [5, 5.41) is 5.47. The third-order valence-electron chi connectivity index (χ3n) is 3.83. The maximum Gasteiger partial charge on any atom is 0.253 e. The molecule has 2 amide bonds. The molecule has 24 heavy (non-hydrogen) atoms. The maximum absolute atomic E-state index is 12.1. The van der Waals surface area contributed by atoms with Gasteiger partial charge in [0.15, 0.2) is 0 Å². The average molecular weight is 326 g/mol. The van der Waals surface area contributed by atoms with Crippen LogP contribution < -0.4 is 22.1 Å². The first-order valence-corrected chi connectivity index (χ1v) is 7.68. The maximum atomic E-state index is 12.1. The van der Waals surface area contributed by atoms with E-state index in [2.05, 4.69) is 10.6 Å². The molecule has 0 fully saturated rings. The number of nitrogens with two attached hydrogens (primary N) is 2. The highest BCUT2D eigenvalue weighted by atomic mass is 16.2. The van der Waals surface area contributed by atoms with Crippen LogP contribution in [0.25, 0.3) is 0 Å². The number of hydrogen-bond donors (Lipinski definition) is 4. The lowest BCUT2D eigenvalue weighted by Gasteiger charge is -2.11. The smallest absolute Gasteiger partial charge is 0.253 e. The van der Waals surface area contributed by atoms with Gasteiger partial charge in [0, 0.05) is 24.5 Å². The SMILES string of the molecule is Cc1cccc(C(=O)NCCNC(=O)c2cccc(C)c2N)c1N. The molecule has 126 valence electrons. The van der Waals surface area contributed by atoms with Crippen LogP contribution in [0.15, 0.2) is 36.4 Å². The number of benzene rings is 2. The summed E-state index contributed by atoms with van der Waals surface area (Å²) in [5.74, 6) is -0.527. The summed E-state index contributed by atoms with van der Waals surface area (Å²) in [6, 6.07) is 10.6. The van der Waals surface area contributed by atoms with Crippen molar-refractivity contribution in [2.24, 2.45) is 0 Å². The summed E-state index contributed by atoms with van der Waals surface area (Å²) in [6.07, 6.45) is 0. The zero-order valence-corrected chi connectivity index (χ0v) is 13.8. The number of rotatable bonds is 5. The number of amides is 2. The van der Waals surface area contributed by atoms with Gasteiger partial charge in [-0.1, -0.05) is 24.3 Å². The summed E-state index contributed by atoms with van der Waals surface area (Å²) in [5.41, 5.74) is 15.3. The van der Waals surface area contributed by atoms with Gasteiger partial charge in [-0.25, -0.2) is 0 Å². The van der Waals surface area contributed by atoms with Crippen LogP contribution >= 0.6 is 0 Å². The van der Waals surface area contributed by atoms with Crippen molar-refractivity contribution in [3.63, 3.8) is 0 Å². The summed E-state index contributed by atoms with van der Waals surface area (Å²) >= 11 is 0. The van der Waals surface area contributed by atoms with Crippen LogP contribution in [0.3, 0.4) is 0 Å². The molecule has 2 rings (SSSR count). The molecule has 6 N–H and O–H groups in total. The number of carbonyl (C=O) groups is 2. The Kier molecular flexibility index (Phi) is 5.42. The fraction of sp³-hybridized carbons (Fsp3) is 0.222. The monoisotopic (exact) mass is 326 g/mol. The highest BCUT2D eigenvalue weighted by Crippen LogP contribution is 2.16. The van der Waals surface area contributed by atoms with E-state index in [1.54, 1.807) is 24.3 Å². The van der Waals surface area contributed by atoms with E-state index in [4.69, 9.17) is 11.5 Å². The van der Waals surface area contributed by atoms with Gasteiger partial charge < -0.3 is 22.1 Å². The van der Waals surface area contributed by atoms with E-state index in [-0.39, 0.29) is 11.8 Å². The molecule has 0 heterocycles. The summed E-state index contributed by atoms with van der Waals surface area (Å²) in [7, 11) is 0. The van der Waals surface area contributed by atoms with Crippen LogP contribution in [0, 0.1) is 13.8 Å². The van der Waals surface area contributed by atoms with Crippen LogP contribution in [0.4, 0.5) is 11.4 Å². The highest BCUT2D eigenvalue weighted by molar-refractivity contribution is 6.00. The minimum atomic E-state index is -0.263. The molecular formula is C18H22N4O2. The number of para-hydroxylation sites is 2. The minimum absolute atomic E-state index is 0.263. The van der Waals surface area contributed by atoms with E-state index in [0.29, 0.717) is 35.6 Å². The highest BCUT2D eigenvalue weighted by Gasteiger charge is 2.12. The Bertz CT molecular complexity index is 706. The Morgan fingerprint density at radius 2 is 1.17 bits per heavy atom. The van der Waals surface area contributed by atoms with Gasteiger partial charge in [-0.15, -0.1) is 0 Å². The lowest BCUT2D eigenvalue weighted by atomic mass is 10.1. The standard InChI is InChI=1S/C18H22N4O2/c1-11-5-3-7-13(15(11)19)17(23)21-9-10-22-18(24)14-8-4-6-12(2)16(14)20/h3-8H,9-10,19-20H2,1-2H3,(H,21,23)(H,22,24). The van der Waals surface area contributed by atoms with E-state index >= 15 is 0 Å². The Morgan fingerprint density at radius 1 is 0.792 bits per heavy atom. The van der Waals surface area contributed by atoms with Gasteiger partial charge in [-0.3, -0.25) is 9.59 Å². The van der Waals surface area contributed by atoms with E-state index in [1.165, 1.54) is 0 Å². The second-order valence-electron chi connectivity index (χ2n) is 5.58. The number of aryl methyl sites for hydroxylation is 2. The zero-order chi connectivity index (χ0) is 17.7. The van der Waals surface area contributed by atoms with Crippen LogP contribution in [0.2, 0.25) is 0 Å². The molecule has 6 heteroatoms. The van der Waals surface area contributed by atoms with Gasteiger partial charge in [0.1, 0.15) is 0 Å². The van der Waals surface area contributed by atoms with Crippen molar-refractivity contribution in [3.8, 4) is 0 Å². The first-order valence-electron chi connectivity index (χ1n) is 7.68. The number of nitrogen functional groups attached to an aromatic ring is 2. The van der Waals surface area contributed by atoms with E-state index in [0.717, 1.165) is 11.1 Å². The molecule has 0 aliphatic rings. The first kappa shape index (κ1) is 17.3. The van der Waals surface area contributed by atoms with Gasteiger partial charge in [0.05, 0.1) is 11.1 Å². The third-order valence-corrected chi connectivity index (χ3v) is 3.83. The molecule has 2 aromatic rings. The Balaban J connectivity index is 1.86. The van der Waals surface area contributed by atoms with E-state index in [1.807, 2.05) is 26.0 Å². The second kappa shape index (κ2) is 7.50. The Hall–Kier alpha value is -3.02. The largest absolute Gasteiger partial charge is 0.398 e. The number of nitrogens with one attached hydrogen (secondary N) is 2. The number of anilines is 2. The summed E-state index contributed by atoms with van der Waals surface area (Å²) in [4.78, 5) is 24.2. The van der Waals surface area contributed by atoms with Gasteiger partial charge in [-0.05, 0) is 37.1 Å². The second-order valence-corrected chi connectivity index (χ2v) is 5.58. The van der Waals surface area contributed by atoms with Crippen molar-refractivity contribution in [3.05, 3.63) is 58.7 Å². The average Bonchev–Trinajstić information content (AvgIpc) is 2.56. The fourth-order valence-corrected chi connectivity index (χ4v) is 2.30. The Labute approximate surface area is 141 Å². The van der Waals surface area contributed by atoms with Gasteiger partial charge >= 0.3 is 0 Å². The minimum Gasteiger partial charge on any atom is -0.398 e. The molecule has 0 aliphatic heterocycles. The molecule has 0 aliphatic carbocycles. The summed E-state index contributed by atoms with van der Waals surface area (Å²) < 4.78 is 0. The van der Waals surface area contributed by atoms with E-state index < -0.39 is 0 Å². The zero-order valence-electron chi connectivity index (χ0n) is 13.8. The van der Waals surface area contributed by atoms with Gasteiger partial charge in [0.2, 0.25) is 0 Å². The van der Waals surface area contributed by atoms with Crippen LogP contribution in [0.1, 0.15) is 31.8 Å². The molecule has 0 saturated heterocycles. The lowest BCUT2D eigenvalue weighted by Crippen LogP contribution is -2.35. The third kappa shape index (κ3) is 3.84. The number of carbonyl (C=O) groups excluding carboxylic acids is 2. The molecule has 0 aromatic heterocycles. The molecule has 2 aromatic carbocycles. The van der Waals surface area contributed by atoms with Crippen molar-refractivity contribution in [1.82, 2.24) is 10.6 Å². The van der Waals surface area contributed by atoms with Crippen molar-refractivity contribution >= 4 is 23.2 Å². The van der Waals surface area contributed by atoms with Crippen LogP contribution in [-0.4, -0.2) is 24.9 Å². The summed E-state index contributed by atoms with van der Waals surface area (Å²) in [6.45, 7) is 4.28. The van der Waals surface area contributed by atoms with Crippen molar-refractivity contribution in [2.45, 2.75) is 13.8 Å². The first-order chi connectivity index (χ1) is 11.4. The molecule has 6 nitrogen and oxygen atoms in total. The van der Waals surface area contributed by atoms with Crippen molar-refractivity contribution in [2.75, 3.05) is 24.6 Å². The van der Waals surface area contributed by atoms with Crippen LogP contribution in [0.5, 0.6) is 0 Å². The molecule has 0 atom stereocenters. The topological polar surface area (TPSA) is 110 Å². The van der Waals surface area contributed by atoms with Crippen LogP contribution in [-0.2, 0) is 0 Å². The molecule has 0 radical (unpaired) electrons. The van der Waals surface area contributed by atoms with Crippen molar-refractivity contribution < 1.29 is 9.59 Å². The van der Waals surface area contributed by atoms with Gasteiger partial charge in [0.25, 0.3) is 11.8 Å². The lowest BCUT2D eigenvalue weighted by molar-refractivity contribution is 0.0928. The molecular weight excluding hydrogens is 304 g/mol. The molecule has 0 spiro atoms. The molecule has 0 saturated carbocycles. The molecule has 0 bridgehead atoms. The Morgan fingerprint density at radius 3 is 1.54 bits per heavy atom. The van der Waals surface area contributed by atoms with Gasteiger partial charge in [-0.2, -0.15) is 0 Å². The normalized spacial score (nSPS) is 10.2. The molecule has 0 unspecified atom stereocenters.